The van der Waals surface area contributed by atoms with Crippen molar-refractivity contribution >= 4 is 11.0 Å². The third-order valence-electron chi connectivity index (χ3n) is 10.6. The summed E-state index contributed by atoms with van der Waals surface area (Å²) >= 11 is 0. The summed E-state index contributed by atoms with van der Waals surface area (Å²) in [5.41, 5.74) is 6.72. The Morgan fingerprint density at radius 3 is 2.37 bits per heavy atom. The van der Waals surface area contributed by atoms with Gasteiger partial charge in [-0.2, -0.15) is 8.78 Å². The van der Waals surface area contributed by atoms with Gasteiger partial charge in [-0.15, -0.1) is 0 Å². The molecule has 2 aliphatic heterocycles. The molecule has 43 heavy (non-hydrogen) atoms. The van der Waals surface area contributed by atoms with E-state index < -0.39 is 5.92 Å². The first-order valence-electron chi connectivity index (χ1n) is 15.6. The summed E-state index contributed by atoms with van der Waals surface area (Å²) in [5, 5.41) is 7.16. The monoisotopic (exact) mass is 576 g/mol. The second-order valence-electron chi connectivity index (χ2n) is 13.2. The number of alkyl halides is 2. The van der Waals surface area contributed by atoms with Crippen molar-refractivity contribution in [3.8, 4) is 33.5 Å². The Morgan fingerprint density at radius 1 is 0.860 bits per heavy atom. The number of benzene rings is 3. The maximum Gasteiger partial charge on any atom is 0.299 e. The van der Waals surface area contributed by atoms with Gasteiger partial charge in [0.05, 0.1) is 35.0 Å². The summed E-state index contributed by atoms with van der Waals surface area (Å²) in [5.74, 6) is -0.681. The van der Waals surface area contributed by atoms with Gasteiger partial charge >= 0.3 is 0 Å². The fourth-order valence-electron chi connectivity index (χ4n) is 7.77. The van der Waals surface area contributed by atoms with E-state index in [-0.39, 0.29) is 23.2 Å². The van der Waals surface area contributed by atoms with Gasteiger partial charge in [0.15, 0.2) is 0 Å². The van der Waals surface area contributed by atoms with E-state index in [4.69, 9.17) is 4.98 Å². The van der Waals surface area contributed by atoms with Crippen LogP contribution in [-0.4, -0.2) is 33.0 Å². The maximum atomic E-state index is 16.1. The number of aromatic amines is 2. The molecule has 8 heteroatoms. The van der Waals surface area contributed by atoms with Crippen LogP contribution in [0, 0.1) is 11.3 Å². The van der Waals surface area contributed by atoms with Crippen LogP contribution >= 0.6 is 0 Å². The summed E-state index contributed by atoms with van der Waals surface area (Å²) in [6.45, 7) is 4.26. The molecule has 2 aromatic heterocycles. The van der Waals surface area contributed by atoms with Crippen LogP contribution in [0.15, 0.2) is 60.8 Å². The van der Waals surface area contributed by atoms with Crippen LogP contribution < -0.4 is 10.6 Å². The van der Waals surface area contributed by atoms with E-state index >= 15 is 8.78 Å². The zero-order chi connectivity index (χ0) is 28.9. The lowest BCUT2D eigenvalue weighted by atomic mass is 9.97. The number of hydrogen-bond acceptors (Lipinski definition) is 4. The summed E-state index contributed by atoms with van der Waals surface area (Å²) in [6, 6.07) is 17.3. The van der Waals surface area contributed by atoms with Crippen molar-refractivity contribution in [2.24, 2.45) is 11.3 Å². The van der Waals surface area contributed by atoms with Crippen LogP contribution in [-0.2, 0) is 5.92 Å². The molecule has 2 saturated heterocycles. The van der Waals surface area contributed by atoms with E-state index in [2.05, 4.69) is 32.5 Å². The number of nitrogens with one attached hydrogen (secondary N) is 4. The predicted octanol–water partition coefficient (Wildman–Crippen LogP) is 7.62. The molecule has 0 bridgehead atoms. The van der Waals surface area contributed by atoms with Crippen molar-refractivity contribution in [2.45, 2.75) is 57.0 Å². The van der Waals surface area contributed by atoms with E-state index in [0.29, 0.717) is 22.5 Å². The van der Waals surface area contributed by atoms with Crippen molar-refractivity contribution in [2.75, 3.05) is 13.1 Å². The Morgan fingerprint density at radius 2 is 1.60 bits per heavy atom. The quantitative estimate of drug-likeness (QED) is 0.174. The molecule has 0 amide bonds. The first-order chi connectivity index (χ1) is 20.9. The van der Waals surface area contributed by atoms with Gasteiger partial charge in [0.1, 0.15) is 11.6 Å². The van der Waals surface area contributed by atoms with Crippen molar-refractivity contribution in [3.63, 3.8) is 0 Å². The number of aromatic nitrogens is 4. The van der Waals surface area contributed by atoms with E-state index in [0.717, 1.165) is 77.4 Å². The Labute approximate surface area is 248 Å². The van der Waals surface area contributed by atoms with Gasteiger partial charge in [0.25, 0.3) is 5.92 Å². The van der Waals surface area contributed by atoms with Gasteiger partial charge in [-0.3, -0.25) is 0 Å². The molecule has 3 aromatic carbocycles. The van der Waals surface area contributed by atoms with Gasteiger partial charge in [-0.25, -0.2) is 9.97 Å². The van der Waals surface area contributed by atoms with Crippen LogP contribution in [0.3, 0.4) is 0 Å². The molecule has 3 atom stereocenters. The van der Waals surface area contributed by atoms with Crippen molar-refractivity contribution in [1.29, 1.82) is 0 Å². The molecule has 4 N–H and O–H groups in total. The largest absolute Gasteiger partial charge is 0.341 e. The van der Waals surface area contributed by atoms with Gasteiger partial charge in [-0.1, -0.05) is 43.7 Å². The predicted molar refractivity (Wildman–Crippen MR) is 164 cm³/mol. The molecular formula is C35H34F2N6. The van der Waals surface area contributed by atoms with E-state index in [1.807, 2.05) is 42.5 Å². The average Bonchev–Trinajstić information content (AvgIpc) is 3.58. The Balaban J connectivity index is 1.02. The lowest BCUT2D eigenvalue weighted by molar-refractivity contribution is 0.0481. The molecule has 4 aliphatic rings. The number of rotatable bonds is 5. The normalized spacial score (nSPS) is 24.6. The number of halogens is 2. The van der Waals surface area contributed by atoms with Crippen LogP contribution in [0.4, 0.5) is 8.78 Å². The zero-order valence-electron chi connectivity index (χ0n) is 24.1. The fourth-order valence-corrected chi connectivity index (χ4v) is 7.77. The molecule has 9 rings (SSSR count). The molecule has 218 valence electrons. The Kier molecular flexibility index (Phi) is 5.40. The van der Waals surface area contributed by atoms with Gasteiger partial charge in [-0.05, 0) is 90.1 Å². The zero-order valence-corrected chi connectivity index (χ0v) is 24.1. The van der Waals surface area contributed by atoms with Crippen LogP contribution in [0.5, 0.6) is 0 Å². The summed E-state index contributed by atoms with van der Waals surface area (Å²) in [4.78, 5) is 16.4. The van der Waals surface area contributed by atoms with E-state index in [1.54, 1.807) is 18.3 Å². The minimum atomic E-state index is -3.10. The number of hydrogen-bond donors (Lipinski definition) is 4. The lowest BCUT2D eigenvalue weighted by Crippen LogP contribution is -2.18. The van der Waals surface area contributed by atoms with Crippen molar-refractivity contribution in [1.82, 2.24) is 30.6 Å². The molecule has 0 radical (unpaired) electrons. The van der Waals surface area contributed by atoms with E-state index in [9.17, 15) is 0 Å². The summed E-state index contributed by atoms with van der Waals surface area (Å²) < 4.78 is 32.2. The van der Waals surface area contributed by atoms with Crippen LogP contribution in [0.25, 0.3) is 44.5 Å². The highest BCUT2D eigenvalue weighted by Gasteiger charge is 2.49. The smallest absolute Gasteiger partial charge is 0.299 e. The summed E-state index contributed by atoms with van der Waals surface area (Å²) in [6.07, 6.45) is 7.68. The van der Waals surface area contributed by atoms with Gasteiger partial charge in [0.2, 0.25) is 0 Å². The average molecular weight is 577 g/mol. The first kappa shape index (κ1) is 25.6. The van der Waals surface area contributed by atoms with Crippen LogP contribution in [0.1, 0.15) is 73.9 Å². The standard InChI is InChI=1S/C35H34F2N6/c1-2-19-9-12-38-31(19)33-41-27-8-5-21(15-28(27)42-33)20-3-6-23-24-7-4-22(14-26(24)35(36,37)25(23)13-20)30-17-39-32(43-30)29-16-34(10-11-34)18-40-29/h3-8,13-15,17,19,29,31,38,40H,2,9-12,16,18H2,1H3,(H,39,43)(H,41,42)/t19-,29?,31+/m1/s1. The second-order valence-corrected chi connectivity index (χ2v) is 13.2. The molecule has 6 nitrogen and oxygen atoms in total. The Hall–Kier alpha value is -3.88. The number of imidazole rings is 2. The van der Waals surface area contributed by atoms with Crippen molar-refractivity contribution < 1.29 is 8.78 Å². The highest BCUT2D eigenvalue weighted by Crippen LogP contribution is 2.55. The molecule has 2 aliphatic carbocycles. The van der Waals surface area contributed by atoms with E-state index in [1.165, 1.54) is 12.8 Å². The Bertz CT molecular complexity index is 1900. The summed E-state index contributed by atoms with van der Waals surface area (Å²) in [7, 11) is 0. The highest BCUT2D eigenvalue weighted by atomic mass is 19.3. The molecular weight excluding hydrogens is 542 g/mol. The second kappa shape index (κ2) is 9.07. The van der Waals surface area contributed by atoms with Gasteiger partial charge in [0, 0.05) is 23.2 Å². The highest BCUT2D eigenvalue weighted by molar-refractivity contribution is 5.86. The molecule has 1 unspecified atom stereocenters. The first-order valence-corrected chi connectivity index (χ1v) is 15.6. The SMILES string of the molecule is CC[C@@H]1CCN[C@@H]1c1nc2ccc(-c3ccc4c(c3)C(F)(F)c3cc(-c5cnc(C6CC7(CC7)CN6)[nH]5)ccc3-4)cc2[nH]1. The lowest BCUT2D eigenvalue weighted by Gasteiger charge is -2.14. The minimum Gasteiger partial charge on any atom is -0.341 e. The third-order valence-corrected chi connectivity index (χ3v) is 10.6. The number of nitrogens with zero attached hydrogens (tertiary/aromatic N) is 2. The fraction of sp³-hybridized carbons (Fsp3) is 0.371. The number of fused-ring (bicyclic) bond motifs is 4. The molecule has 4 heterocycles. The van der Waals surface area contributed by atoms with Gasteiger partial charge < -0.3 is 20.6 Å². The third kappa shape index (κ3) is 3.96. The van der Waals surface area contributed by atoms with Crippen molar-refractivity contribution in [3.05, 3.63) is 83.6 Å². The molecule has 1 saturated carbocycles. The van der Waals surface area contributed by atoms with Crippen LogP contribution in [0.2, 0.25) is 0 Å². The topological polar surface area (TPSA) is 81.4 Å². The molecule has 1 spiro atoms. The molecule has 3 fully saturated rings. The number of H-pyrrole nitrogens is 2. The molecule has 5 aromatic rings. The maximum absolute atomic E-state index is 16.1. The minimum absolute atomic E-state index is 0.0485.